The molecule has 1 amide bonds. The number of hydrogen-bond acceptors (Lipinski definition) is 4. The van der Waals surface area contributed by atoms with Crippen molar-refractivity contribution in [3.05, 3.63) is 0 Å². The maximum absolute atomic E-state index is 12.4. The molecule has 0 aromatic heterocycles. The van der Waals surface area contributed by atoms with E-state index in [1.54, 1.807) is 0 Å². The van der Waals surface area contributed by atoms with Gasteiger partial charge in [0.2, 0.25) is 5.91 Å². The number of likely N-dealkylation sites (tertiary alicyclic amines) is 1. The Balaban J connectivity index is 1.47. The summed E-state index contributed by atoms with van der Waals surface area (Å²) in [5.41, 5.74) is 0. The first-order valence-corrected chi connectivity index (χ1v) is 8.12. The minimum Gasteiger partial charge on any atom is -0.376 e. The van der Waals surface area contributed by atoms with Gasteiger partial charge in [0, 0.05) is 32.2 Å². The Morgan fingerprint density at radius 1 is 1.20 bits per heavy atom. The van der Waals surface area contributed by atoms with Crippen molar-refractivity contribution in [2.45, 2.75) is 50.8 Å². The number of rotatable bonds is 2. The van der Waals surface area contributed by atoms with Crippen LogP contribution in [0.2, 0.25) is 0 Å². The fourth-order valence-electron chi connectivity index (χ4n) is 3.74. The van der Waals surface area contributed by atoms with Crippen LogP contribution in [-0.4, -0.2) is 73.2 Å². The quantitative estimate of drug-likeness (QED) is 0.798. The van der Waals surface area contributed by atoms with Gasteiger partial charge in [0.1, 0.15) is 0 Å². The van der Waals surface area contributed by atoms with Gasteiger partial charge in [-0.2, -0.15) is 0 Å². The number of nitrogens with one attached hydrogen (secondary N) is 1. The van der Waals surface area contributed by atoms with Crippen molar-refractivity contribution in [2.24, 2.45) is 0 Å². The lowest BCUT2D eigenvalue weighted by Gasteiger charge is -2.42. The van der Waals surface area contributed by atoms with Gasteiger partial charge in [-0.25, -0.2) is 0 Å². The molecule has 3 fully saturated rings. The summed E-state index contributed by atoms with van der Waals surface area (Å²) in [6, 6.07) is 0.733. The molecule has 0 radical (unpaired) electrons. The molecule has 3 heterocycles. The number of carbonyl (C=O) groups is 1. The maximum Gasteiger partial charge on any atom is 0.239 e. The first-order chi connectivity index (χ1) is 9.74. The minimum absolute atomic E-state index is 0.0926. The number of amides is 1. The topological polar surface area (TPSA) is 44.8 Å². The molecule has 5 heteroatoms. The lowest BCUT2D eigenvalue weighted by molar-refractivity contribution is -0.135. The van der Waals surface area contributed by atoms with Crippen molar-refractivity contribution in [1.29, 1.82) is 0 Å². The molecule has 0 aromatic carbocycles. The van der Waals surface area contributed by atoms with E-state index in [2.05, 4.69) is 22.0 Å². The fourth-order valence-corrected chi connectivity index (χ4v) is 3.74. The van der Waals surface area contributed by atoms with Gasteiger partial charge in [-0.3, -0.25) is 9.69 Å². The molecule has 0 spiro atoms. The predicted octanol–water partition coefficient (Wildman–Crippen LogP) is 0.450. The summed E-state index contributed by atoms with van der Waals surface area (Å²) in [5, 5.41) is 3.32. The van der Waals surface area contributed by atoms with Crippen LogP contribution in [0, 0.1) is 0 Å². The van der Waals surface area contributed by atoms with Crippen LogP contribution in [0.5, 0.6) is 0 Å². The largest absolute Gasteiger partial charge is 0.376 e. The summed E-state index contributed by atoms with van der Waals surface area (Å²) in [5.74, 6) is 0.330. The lowest BCUT2D eigenvalue weighted by atomic mass is 10.0. The maximum atomic E-state index is 12.4. The summed E-state index contributed by atoms with van der Waals surface area (Å²) < 4.78 is 5.61. The molecule has 1 N–H and O–H groups in total. The van der Waals surface area contributed by atoms with E-state index < -0.39 is 0 Å². The number of nitrogens with zero attached hydrogens (tertiary/aromatic N) is 2. The lowest BCUT2D eigenvalue weighted by Crippen LogP contribution is -2.53. The molecule has 3 saturated heterocycles. The molecule has 0 saturated carbocycles. The van der Waals surface area contributed by atoms with E-state index in [0.717, 1.165) is 65.0 Å². The molecule has 2 atom stereocenters. The molecular formula is C15H27N3O2. The zero-order chi connectivity index (χ0) is 13.9. The summed E-state index contributed by atoms with van der Waals surface area (Å²) >= 11 is 0. The Hall–Kier alpha value is -0.650. The van der Waals surface area contributed by atoms with Crippen LogP contribution in [0.25, 0.3) is 0 Å². The Kier molecular flexibility index (Phi) is 4.58. The number of carbonyl (C=O) groups excluding carboxylic acids is 1. The highest BCUT2D eigenvalue weighted by Crippen LogP contribution is 2.20. The predicted molar refractivity (Wildman–Crippen MR) is 77.6 cm³/mol. The molecule has 114 valence electrons. The highest BCUT2D eigenvalue weighted by atomic mass is 16.5. The summed E-state index contributed by atoms with van der Waals surface area (Å²) in [4.78, 5) is 17.0. The zero-order valence-electron chi connectivity index (χ0n) is 12.5. The zero-order valence-corrected chi connectivity index (χ0v) is 12.5. The molecule has 0 aliphatic carbocycles. The third kappa shape index (κ3) is 3.15. The molecule has 20 heavy (non-hydrogen) atoms. The van der Waals surface area contributed by atoms with Gasteiger partial charge < -0.3 is 15.0 Å². The van der Waals surface area contributed by atoms with E-state index in [0.29, 0.717) is 18.1 Å². The Morgan fingerprint density at radius 3 is 2.65 bits per heavy atom. The van der Waals surface area contributed by atoms with E-state index in [1.165, 1.54) is 0 Å². The van der Waals surface area contributed by atoms with E-state index in [1.807, 2.05) is 0 Å². The van der Waals surface area contributed by atoms with Crippen LogP contribution in [0.4, 0.5) is 0 Å². The van der Waals surface area contributed by atoms with E-state index in [-0.39, 0.29) is 6.04 Å². The highest BCUT2D eigenvalue weighted by molar-refractivity contribution is 5.82. The summed E-state index contributed by atoms with van der Waals surface area (Å²) in [6.45, 7) is 7.94. The second-order valence-corrected chi connectivity index (χ2v) is 6.38. The number of ether oxygens (including phenoxy) is 1. The smallest absolute Gasteiger partial charge is 0.239 e. The normalized spacial score (nSPS) is 33.5. The first kappa shape index (κ1) is 14.3. The van der Waals surface area contributed by atoms with Crippen molar-refractivity contribution in [2.75, 3.05) is 39.3 Å². The van der Waals surface area contributed by atoms with E-state index >= 15 is 0 Å². The molecule has 2 unspecified atom stereocenters. The molecular weight excluding hydrogens is 254 g/mol. The third-order valence-corrected chi connectivity index (χ3v) is 4.92. The van der Waals surface area contributed by atoms with Crippen LogP contribution in [0.1, 0.15) is 32.6 Å². The van der Waals surface area contributed by atoms with Gasteiger partial charge in [0.05, 0.1) is 18.8 Å². The van der Waals surface area contributed by atoms with E-state index in [4.69, 9.17) is 4.74 Å². The first-order valence-electron chi connectivity index (χ1n) is 8.12. The van der Waals surface area contributed by atoms with Crippen molar-refractivity contribution >= 4 is 5.91 Å². The average Bonchev–Trinajstić information content (AvgIpc) is 3.01. The van der Waals surface area contributed by atoms with Crippen LogP contribution in [0.15, 0.2) is 0 Å². The molecule has 3 aliphatic heterocycles. The number of hydrogen-bond donors (Lipinski definition) is 1. The molecule has 0 bridgehead atoms. The minimum atomic E-state index is 0.0926. The SMILES string of the molecule is CC1CN(C2CCN(C(=O)C3CCCN3)CC2)CCO1. The van der Waals surface area contributed by atoms with Gasteiger partial charge >= 0.3 is 0 Å². The fraction of sp³-hybridized carbons (Fsp3) is 0.933. The van der Waals surface area contributed by atoms with Gasteiger partial charge in [0.15, 0.2) is 0 Å². The van der Waals surface area contributed by atoms with Gasteiger partial charge in [-0.1, -0.05) is 0 Å². The third-order valence-electron chi connectivity index (χ3n) is 4.92. The number of piperidine rings is 1. The van der Waals surface area contributed by atoms with Crippen LogP contribution >= 0.6 is 0 Å². The van der Waals surface area contributed by atoms with Crippen LogP contribution in [0.3, 0.4) is 0 Å². The monoisotopic (exact) mass is 281 g/mol. The van der Waals surface area contributed by atoms with Gasteiger partial charge in [-0.05, 0) is 39.2 Å². The average molecular weight is 281 g/mol. The molecule has 0 aromatic rings. The highest BCUT2D eigenvalue weighted by Gasteiger charge is 2.32. The summed E-state index contributed by atoms with van der Waals surface area (Å²) in [7, 11) is 0. The summed E-state index contributed by atoms with van der Waals surface area (Å²) in [6.07, 6.45) is 4.74. The second-order valence-electron chi connectivity index (χ2n) is 6.38. The van der Waals surface area contributed by atoms with Crippen LogP contribution < -0.4 is 5.32 Å². The van der Waals surface area contributed by atoms with Crippen LogP contribution in [-0.2, 0) is 9.53 Å². The van der Waals surface area contributed by atoms with Gasteiger partial charge in [0.25, 0.3) is 0 Å². The molecule has 3 aliphatic rings. The van der Waals surface area contributed by atoms with Crippen molar-refractivity contribution in [3.8, 4) is 0 Å². The molecule has 3 rings (SSSR count). The number of morpholine rings is 1. The Morgan fingerprint density at radius 2 is 2.00 bits per heavy atom. The standard InChI is InChI=1S/C15H27N3O2/c1-12-11-18(9-10-20-12)13-4-7-17(8-5-13)15(19)14-3-2-6-16-14/h12-14,16H,2-11H2,1H3. The Labute approximate surface area is 121 Å². The molecule has 5 nitrogen and oxygen atoms in total. The van der Waals surface area contributed by atoms with Gasteiger partial charge in [-0.15, -0.1) is 0 Å². The van der Waals surface area contributed by atoms with E-state index in [9.17, 15) is 4.79 Å². The second kappa shape index (κ2) is 6.41. The Bertz CT molecular complexity index is 336. The van der Waals surface area contributed by atoms with Crippen molar-refractivity contribution < 1.29 is 9.53 Å². The van der Waals surface area contributed by atoms with Crippen molar-refractivity contribution in [3.63, 3.8) is 0 Å². The van der Waals surface area contributed by atoms with Crippen molar-refractivity contribution in [1.82, 2.24) is 15.1 Å².